The highest BCUT2D eigenvalue weighted by Gasteiger charge is 2.62. The number of fused-ring (bicyclic) bond motifs is 2. The molecule has 2 saturated heterocycles. The van der Waals surface area contributed by atoms with E-state index >= 15 is 0 Å². The molecule has 3 N–H and O–H groups in total. The van der Waals surface area contributed by atoms with Crippen molar-refractivity contribution in [2.45, 2.75) is 43.9 Å². The number of hydrogen-bond acceptors (Lipinski definition) is 10. The van der Waals surface area contributed by atoms with E-state index in [0.717, 1.165) is 4.57 Å². The summed E-state index contributed by atoms with van der Waals surface area (Å²) >= 11 is 5.89. The van der Waals surface area contributed by atoms with Gasteiger partial charge in [-0.1, -0.05) is 11.6 Å². The number of halogens is 1. The number of aliphatic hydroxyl groups is 1. The van der Waals surface area contributed by atoms with Crippen molar-refractivity contribution in [3.05, 3.63) is 61.9 Å². The molecule has 2 aliphatic heterocycles. The lowest BCUT2D eigenvalue weighted by molar-refractivity contribution is -0.185. The maximum absolute atomic E-state index is 13.7. The van der Waals surface area contributed by atoms with Crippen LogP contribution in [0.25, 0.3) is 0 Å². The topological polar surface area (TPSA) is 167 Å². The molecular formula is C21H25ClN3O10P. The van der Waals surface area contributed by atoms with E-state index in [0.29, 0.717) is 5.02 Å². The number of methoxy groups -OCH3 is 1. The summed E-state index contributed by atoms with van der Waals surface area (Å²) in [5, 5.41) is 13.8. The van der Waals surface area contributed by atoms with Gasteiger partial charge < -0.3 is 23.8 Å². The van der Waals surface area contributed by atoms with Crippen molar-refractivity contribution in [2.24, 2.45) is 0 Å². The molecule has 3 heterocycles. The molecule has 2 bridgehead atoms. The Morgan fingerprint density at radius 1 is 1.39 bits per heavy atom. The van der Waals surface area contributed by atoms with Crippen LogP contribution in [0.4, 0.5) is 0 Å². The van der Waals surface area contributed by atoms with Crippen LogP contribution in [-0.2, 0) is 28.1 Å². The third kappa shape index (κ3) is 5.14. The summed E-state index contributed by atoms with van der Waals surface area (Å²) in [5.74, 6) is -0.586. The molecule has 6 atom stereocenters. The van der Waals surface area contributed by atoms with Crippen molar-refractivity contribution in [1.82, 2.24) is 14.6 Å². The molecule has 0 radical (unpaired) electrons. The lowest BCUT2D eigenvalue weighted by atomic mass is 10.0. The van der Waals surface area contributed by atoms with Crippen molar-refractivity contribution in [3.8, 4) is 5.75 Å². The molecule has 0 amide bonds. The summed E-state index contributed by atoms with van der Waals surface area (Å²) in [7, 11) is -3.10. The molecule has 0 aliphatic carbocycles. The molecule has 0 spiro atoms. The van der Waals surface area contributed by atoms with Gasteiger partial charge in [-0.3, -0.25) is 23.7 Å². The van der Waals surface area contributed by atoms with Crippen LogP contribution in [0.2, 0.25) is 5.02 Å². The molecule has 4 rings (SSSR count). The first-order chi connectivity index (χ1) is 17.0. The van der Waals surface area contributed by atoms with Crippen LogP contribution < -0.4 is 20.9 Å². The third-order valence-corrected chi connectivity index (χ3v) is 7.73. The van der Waals surface area contributed by atoms with Gasteiger partial charge in [0.15, 0.2) is 6.23 Å². The highest BCUT2D eigenvalue weighted by Crippen LogP contribution is 2.50. The predicted octanol–water partition coefficient (Wildman–Crippen LogP) is 0.881. The number of H-pyrrole nitrogens is 1. The van der Waals surface area contributed by atoms with E-state index in [1.54, 1.807) is 0 Å². The van der Waals surface area contributed by atoms with Gasteiger partial charge >= 0.3 is 19.4 Å². The summed E-state index contributed by atoms with van der Waals surface area (Å²) < 4.78 is 42.2. The van der Waals surface area contributed by atoms with Crippen molar-refractivity contribution in [1.29, 1.82) is 0 Å². The van der Waals surface area contributed by atoms with E-state index in [-0.39, 0.29) is 17.9 Å². The van der Waals surface area contributed by atoms with E-state index in [9.17, 15) is 24.1 Å². The minimum Gasteiger partial charge on any atom is -0.468 e. The first kappa shape index (κ1) is 26.6. The van der Waals surface area contributed by atoms with E-state index in [2.05, 4.69) is 14.8 Å². The van der Waals surface area contributed by atoms with Crippen molar-refractivity contribution in [2.75, 3.05) is 20.3 Å². The highest BCUT2D eigenvalue weighted by molar-refractivity contribution is 7.52. The van der Waals surface area contributed by atoms with Gasteiger partial charge in [0.25, 0.3) is 5.56 Å². The number of rotatable bonds is 9. The number of esters is 1. The minimum absolute atomic E-state index is 0.131. The smallest absolute Gasteiger partial charge is 0.459 e. The maximum Gasteiger partial charge on any atom is 0.459 e. The van der Waals surface area contributed by atoms with Gasteiger partial charge in [0.05, 0.1) is 20.3 Å². The Hall–Kier alpha value is -2.51. The monoisotopic (exact) mass is 545 g/mol. The molecule has 1 aromatic carbocycles. The van der Waals surface area contributed by atoms with Gasteiger partial charge in [-0.05, 0) is 38.1 Å². The molecule has 1 unspecified atom stereocenters. The summed E-state index contributed by atoms with van der Waals surface area (Å²) in [6, 6.07) is 4.85. The Morgan fingerprint density at radius 2 is 2.08 bits per heavy atom. The van der Waals surface area contributed by atoms with Crippen LogP contribution in [0.15, 0.2) is 40.1 Å². The van der Waals surface area contributed by atoms with Gasteiger partial charge in [0, 0.05) is 16.8 Å². The van der Waals surface area contributed by atoms with Crippen molar-refractivity contribution in [3.63, 3.8) is 0 Å². The van der Waals surface area contributed by atoms with Crippen LogP contribution in [0.5, 0.6) is 5.75 Å². The average Bonchev–Trinajstić information content (AvgIpc) is 3.30. The van der Waals surface area contributed by atoms with Crippen LogP contribution in [0, 0.1) is 6.92 Å². The Morgan fingerprint density at radius 3 is 2.75 bits per heavy atom. The first-order valence-corrected chi connectivity index (χ1v) is 12.7. The Balaban J connectivity index is 1.57. The highest BCUT2D eigenvalue weighted by atomic mass is 35.5. The number of nitrogens with zero attached hydrogens (tertiary/aromatic N) is 1. The van der Waals surface area contributed by atoms with Crippen LogP contribution in [0.3, 0.4) is 0 Å². The first-order valence-electron chi connectivity index (χ1n) is 10.8. The zero-order valence-corrected chi connectivity index (χ0v) is 21.2. The number of carbonyl (C=O) groups is 1. The number of ether oxygens (including phenoxy) is 3. The molecule has 36 heavy (non-hydrogen) atoms. The van der Waals surface area contributed by atoms with E-state index in [4.69, 9.17) is 30.1 Å². The van der Waals surface area contributed by atoms with Gasteiger partial charge in [-0.15, -0.1) is 0 Å². The number of hydrogen-bond donors (Lipinski definition) is 3. The zero-order valence-electron chi connectivity index (χ0n) is 19.5. The van der Waals surface area contributed by atoms with Crippen molar-refractivity contribution < 1.29 is 37.7 Å². The second kappa shape index (κ2) is 10.1. The fourth-order valence-electron chi connectivity index (χ4n) is 3.90. The molecular weight excluding hydrogens is 521 g/mol. The molecule has 1 aromatic heterocycles. The number of benzene rings is 1. The fourth-order valence-corrected chi connectivity index (χ4v) is 5.57. The fraction of sp³-hybridized carbons (Fsp3) is 0.476. The average molecular weight is 546 g/mol. The third-order valence-electron chi connectivity index (χ3n) is 5.85. The van der Waals surface area contributed by atoms with Crippen LogP contribution >= 0.6 is 19.3 Å². The second-order valence-corrected chi connectivity index (χ2v) is 10.6. The zero-order chi connectivity index (χ0) is 26.3. The quantitative estimate of drug-likeness (QED) is 0.302. The number of nitrogens with one attached hydrogen (secondary N) is 2. The van der Waals surface area contributed by atoms with E-state index < -0.39 is 61.7 Å². The van der Waals surface area contributed by atoms with Crippen LogP contribution in [0.1, 0.15) is 18.7 Å². The standard InChI is InChI=1S/C21H25ClN3O10P/c1-11-8-25(20(29)23-17(11)27)18-15-16(26)21(34-18,9-32-15)10-33-36(30,24-12(2)19(28)31-3)35-14-6-4-13(22)5-7-14/h4-8,12,15-16,18,26H,9-10H2,1-3H3,(H,24,30)(H,23,27,29)/t12-,15+,16-,18+,21+,36?/m0/s1. The van der Waals surface area contributed by atoms with E-state index in [1.165, 1.54) is 51.4 Å². The van der Waals surface area contributed by atoms with Gasteiger partial charge in [-0.2, -0.15) is 5.09 Å². The summed E-state index contributed by atoms with van der Waals surface area (Å²) in [5.41, 5.74) is -2.57. The Bertz CT molecular complexity index is 1300. The van der Waals surface area contributed by atoms with Gasteiger partial charge in [0.2, 0.25) is 0 Å². The normalized spacial score (nSPS) is 27.4. The summed E-state index contributed by atoms with van der Waals surface area (Å²) in [6.07, 6.45) is -2.02. The SMILES string of the molecule is COC(=O)[C@H](C)NP(=O)(OC[C@@]12CO[C@@H]([C@H](n3cc(C)c(=O)[nH]c3=O)O1)[C@@H]2O)Oc1ccc(Cl)cc1. The lowest BCUT2D eigenvalue weighted by Crippen LogP contribution is -2.46. The Labute approximate surface area is 209 Å². The van der Waals surface area contributed by atoms with Crippen LogP contribution in [-0.4, -0.2) is 64.8 Å². The summed E-state index contributed by atoms with van der Waals surface area (Å²) in [4.78, 5) is 38.2. The molecule has 0 saturated carbocycles. The lowest BCUT2D eigenvalue weighted by Gasteiger charge is -2.32. The number of carbonyl (C=O) groups excluding carboxylic acids is 1. The number of aliphatic hydroxyl groups excluding tert-OH is 1. The van der Waals surface area contributed by atoms with E-state index in [1.807, 2.05) is 0 Å². The molecule has 196 valence electrons. The van der Waals surface area contributed by atoms with Gasteiger partial charge in [-0.25, -0.2) is 9.36 Å². The van der Waals surface area contributed by atoms with Gasteiger partial charge in [0.1, 0.15) is 29.6 Å². The predicted molar refractivity (Wildman–Crippen MR) is 125 cm³/mol. The van der Waals surface area contributed by atoms with Crippen molar-refractivity contribution >= 4 is 25.3 Å². The molecule has 2 aliphatic rings. The second-order valence-electron chi connectivity index (χ2n) is 8.46. The molecule has 13 nitrogen and oxygen atoms in total. The largest absolute Gasteiger partial charge is 0.468 e. The number of aromatic nitrogens is 2. The number of aromatic amines is 1. The number of aryl methyl sites for hydroxylation is 1. The molecule has 2 aromatic rings. The minimum atomic E-state index is -4.27. The molecule has 2 fully saturated rings. The summed E-state index contributed by atoms with van der Waals surface area (Å²) in [6.45, 7) is 2.28. The molecule has 15 heteroatoms. The Kier molecular flexibility index (Phi) is 7.45. The maximum atomic E-state index is 13.7.